The zero-order valence-corrected chi connectivity index (χ0v) is 17.7. The van der Waals surface area contributed by atoms with Gasteiger partial charge in [0.25, 0.3) is 0 Å². The van der Waals surface area contributed by atoms with Crippen molar-refractivity contribution in [3.63, 3.8) is 0 Å². The lowest BCUT2D eigenvalue weighted by Gasteiger charge is -2.09. The molecule has 0 aliphatic rings. The number of hydrogen-bond donors (Lipinski definition) is 0. The summed E-state index contributed by atoms with van der Waals surface area (Å²) < 4.78 is 23.4. The van der Waals surface area contributed by atoms with Crippen molar-refractivity contribution in [2.24, 2.45) is 0 Å². The van der Waals surface area contributed by atoms with Gasteiger partial charge in [0.1, 0.15) is 5.01 Å². The monoisotopic (exact) mass is 411 g/mol. The molecule has 0 saturated heterocycles. The number of ether oxygens (including phenoxy) is 4. The van der Waals surface area contributed by atoms with Crippen LogP contribution in [0.15, 0.2) is 36.4 Å². The summed E-state index contributed by atoms with van der Waals surface area (Å²) in [6.45, 7) is 1.98. The molecule has 0 aliphatic heterocycles. The van der Waals surface area contributed by atoms with Crippen LogP contribution in [-0.4, -0.2) is 43.0 Å². The van der Waals surface area contributed by atoms with Gasteiger partial charge in [0.15, 0.2) is 23.0 Å². The number of fused-ring (bicyclic) bond motifs is 1. The van der Waals surface area contributed by atoms with Crippen molar-refractivity contribution in [1.82, 2.24) is 14.6 Å². The smallest absolute Gasteiger partial charge is 0.213 e. The van der Waals surface area contributed by atoms with Crippen LogP contribution in [0, 0.1) is 6.92 Å². The predicted octanol–water partition coefficient (Wildman–Crippen LogP) is 4.47. The molecule has 0 fully saturated rings. The molecule has 0 radical (unpaired) electrons. The maximum atomic E-state index is 5.45. The van der Waals surface area contributed by atoms with Gasteiger partial charge in [-0.2, -0.15) is 5.10 Å². The van der Waals surface area contributed by atoms with Gasteiger partial charge in [-0.3, -0.25) is 0 Å². The minimum Gasteiger partial charge on any atom is -0.493 e. The summed E-state index contributed by atoms with van der Waals surface area (Å²) >= 11 is 1.52. The fourth-order valence-corrected chi connectivity index (χ4v) is 4.19. The van der Waals surface area contributed by atoms with Gasteiger partial charge in [-0.05, 0) is 43.3 Å². The Labute approximate surface area is 172 Å². The molecule has 0 unspecified atom stereocenters. The maximum Gasteiger partial charge on any atom is 0.213 e. The average Bonchev–Trinajstić information content (AvgIpc) is 3.29. The minimum absolute atomic E-state index is 0.661. The van der Waals surface area contributed by atoms with E-state index in [2.05, 4.69) is 0 Å². The molecule has 2 heterocycles. The first kappa shape index (κ1) is 19.1. The van der Waals surface area contributed by atoms with Crippen molar-refractivity contribution >= 4 is 16.3 Å². The molecule has 2 aromatic heterocycles. The normalized spacial score (nSPS) is 10.9. The summed E-state index contributed by atoms with van der Waals surface area (Å²) in [6.07, 6.45) is 0. The number of aryl methyl sites for hydroxylation is 1. The van der Waals surface area contributed by atoms with Gasteiger partial charge in [-0.15, -0.1) is 0 Å². The van der Waals surface area contributed by atoms with Crippen LogP contribution in [0.4, 0.5) is 0 Å². The Morgan fingerprint density at radius 1 is 0.759 bits per heavy atom. The van der Waals surface area contributed by atoms with Gasteiger partial charge in [0, 0.05) is 11.1 Å². The number of methoxy groups -OCH3 is 4. The fourth-order valence-electron chi connectivity index (χ4n) is 3.25. The number of imidazole rings is 1. The summed E-state index contributed by atoms with van der Waals surface area (Å²) in [7, 11) is 6.48. The second-order valence-electron chi connectivity index (χ2n) is 6.29. The van der Waals surface area contributed by atoms with Gasteiger partial charge in [0.05, 0.1) is 39.8 Å². The van der Waals surface area contributed by atoms with E-state index in [1.54, 1.807) is 28.4 Å². The summed E-state index contributed by atoms with van der Waals surface area (Å²) in [5.41, 5.74) is 3.71. The van der Waals surface area contributed by atoms with E-state index in [1.165, 1.54) is 11.3 Å². The Kier molecular flexibility index (Phi) is 5.02. The Hall–Kier alpha value is -3.26. The summed E-state index contributed by atoms with van der Waals surface area (Å²) in [5.74, 6) is 2.68. The number of aromatic nitrogens is 3. The van der Waals surface area contributed by atoms with Gasteiger partial charge in [-0.25, -0.2) is 9.50 Å². The molecule has 29 heavy (non-hydrogen) atoms. The summed E-state index contributed by atoms with van der Waals surface area (Å²) in [6, 6.07) is 11.5. The van der Waals surface area contributed by atoms with Crippen LogP contribution in [0.5, 0.6) is 23.0 Å². The van der Waals surface area contributed by atoms with E-state index >= 15 is 0 Å². The molecule has 8 heteroatoms. The highest BCUT2D eigenvalue weighted by atomic mass is 32.1. The zero-order valence-electron chi connectivity index (χ0n) is 16.8. The maximum absolute atomic E-state index is 5.45. The lowest BCUT2D eigenvalue weighted by molar-refractivity contribution is 0.355. The van der Waals surface area contributed by atoms with Crippen LogP contribution in [-0.2, 0) is 0 Å². The summed E-state index contributed by atoms with van der Waals surface area (Å²) in [5, 5.41) is 5.66. The van der Waals surface area contributed by atoms with Crippen LogP contribution < -0.4 is 18.9 Å². The zero-order chi connectivity index (χ0) is 20.5. The minimum atomic E-state index is 0.661. The third-order valence-corrected chi connectivity index (χ3v) is 5.62. The first-order valence-electron chi connectivity index (χ1n) is 8.90. The summed E-state index contributed by atoms with van der Waals surface area (Å²) in [4.78, 5) is 5.52. The first-order valence-corrected chi connectivity index (χ1v) is 9.72. The van der Waals surface area contributed by atoms with Gasteiger partial charge >= 0.3 is 0 Å². The van der Waals surface area contributed by atoms with Crippen molar-refractivity contribution in [2.75, 3.05) is 28.4 Å². The molecule has 0 aliphatic carbocycles. The van der Waals surface area contributed by atoms with Crippen LogP contribution in [0.25, 0.3) is 26.8 Å². The number of rotatable bonds is 6. The molecule has 0 bridgehead atoms. The van der Waals surface area contributed by atoms with E-state index in [0.717, 1.165) is 32.5 Å². The fraction of sp³-hybridized carbons (Fsp3) is 0.238. The highest BCUT2D eigenvalue weighted by Gasteiger charge is 2.18. The van der Waals surface area contributed by atoms with Crippen molar-refractivity contribution in [2.45, 2.75) is 6.92 Å². The Balaban J connectivity index is 1.82. The van der Waals surface area contributed by atoms with E-state index in [-0.39, 0.29) is 0 Å². The molecule has 7 nitrogen and oxygen atoms in total. The Morgan fingerprint density at radius 2 is 1.31 bits per heavy atom. The Bertz CT molecular complexity index is 1180. The standard InChI is InChI=1S/C21H21N3O4S/c1-12-19(13-6-8-15(25-2)17(10-13)27-4)24-21(22-12)29-20(23-24)14-7-9-16(26-3)18(11-14)28-5/h6-11H,1-5H3. The average molecular weight is 411 g/mol. The molecule has 0 spiro atoms. The van der Waals surface area contributed by atoms with Crippen LogP contribution in [0.1, 0.15) is 5.69 Å². The third-order valence-electron chi connectivity index (χ3n) is 4.67. The van der Waals surface area contributed by atoms with Crippen molar-refractivity contribution in [1.29, 1.82) is 0 Å². The number of benzene rings is 2. The van der Waals surface area contributed by atoms with E-state index < -0.39 is 0 Å². The first-order chi connectivity index (χ1) is 14.1. The topological polar surface area (TPSA) is 67.1 Å². The largest absolute Gasteiger partial charge is 0.493 e. The van der Waals surface area contributed by atoms with Crippen molar-refractivity contribution < 1.29 is 18.9 Å². The molecule has 2 aromatic carbocycles. The van der Waals surface area contributed by atoms with Gasteiger partial charge in [-0.1, -0.05) is 11.3 Å². The molecule has 0 amide bonds. The molecule has 0 N–H and O–H groups in total. The third kappa shape index (κ3) is 3.25. The molecular weight excluding hydrogens is 390 g/mol. The van der Waals surface area contributed by atoms with Gasteiger partial charge in [0.2, 0.25) is 4.96 Å². The molecule has 0 atom stereocenters. The molecule has 4 aromatic rings. The van der Waals surface area contributed by atoms with Gasteiger partial charge < -0.3 is 18.9 Å². The van der Waals surface area contributed by atoms with Crippen molar-refractivity contribution in [3.05, 3.63) is 42.1 Å². The second-order valence-corrected chi connectivity index (χ2v) is 7.24. The SMILES string of the molecule is COc1ccc(-c2nn3c(-c4ccc(OC)c(OC)c4)c(C)nc3s2)cc1OC. The van der Waals surface area contributed by atoms with E-state index in [1.807, 2.05) is 47.8 Å². The predicted molar refractivity (Wildman–Crippen MR) is 113 cm³/mol. The van der Waals surface area contributed by atoms with Crippen LogP contribution in [0.3, 0.4) is 0 Å². The lowest BCUT2D eigenvalue weighted by atomic mass is 10.1. The van der Waals surface area contributed by atoms with E-state index in [0.29, 0.717) is 23.0 Å². The van der Waals surface area contributed by atoms with Crippen LogP contribution >= 0.6 is 11.3 Å². The molecular formula is C21H21N3O4S. The highest BCUT2D eigenvalue weighted by molar-refractivity contribution is 7.19. The highest BCUT2D eigenvalue weighted by Crippen LogP contribution is 2.37. The van der Waals surface area contributed by atoms with E-state index in [9.17, 15) is 0 Å². The second kappa shape index (κ2) is 7.63. The van der Waals surface area contributed by atoms with Crippen molar-refractivity contribution in [3.8, 4) is 44.8 Å². The number of nitrogens with zero attached hydrogens (tertiary/aromatic N) is 3. The Morgan fingerprint density at radius 3 is 1.90 bits per heavy atom. The van der Waals surface area contributed by atoms with E-state index in [4.69, 9.17) is 29.0 Å². The number of hydrogen-bond acceptors (Lipinski definition) is 7. The molecule has 150 valence electrons. The lowest BCUT2D eigenvalue weighted by Crippen LogP contribution is -1.95. The quantitative estimate of drug-likeness (QED) is 0.466. The molecule has 4 rings (SSSR count). The van der Waals surface area contributed by atoms with Crippen LogP contribution in [0.2, 0.25) is 0 Å². The molecule has 0 saturated carbocycles.